The number of rotatable bonds is 6. The molecule has 2 aliphatic carbocycles. The monoisotopic (exact) mass is 441 g/mol. The molecule has 4 N–H and O–H groups in total. The largest absolute Gasteiger partial charge is 0.446 e. The average molecular weight is 442 g/mol. The fourth-order valence-corrected chi connectivity index (χ4v) is 4.49. The number of hydrogen-bond acceptors (Lipinski definition) is 6. The van der Waals surface area contributed by atoms with Gasteiger partial charge in [-0.25, -0.2) is 4.79 Å². The van der Waals surface area contributed by atoms with Crippen molar-refractivity contribution < 1.29 is 19.4 Å². The standard InChI is InChI=1S/C23H31N5O4/c1-14-2-3-15(13-24-14)10-22(30)26-21-12-20(27-28-21)16-4-9-19(11-16)32-23(31)25-17-5-7-18(29)8-6-17/h2-3,12-13,16-19,29H,4-11H2,1H3,(H,25,31)(H2,26,27,28,30)/t16-,17-,18+,19+/m1/s1. The molecule has 9 heteroatoms. The summed E-state index contributed by atoms with van der Waals surface area (Å²) in [4.78, 5) is 28.7. The minimum absolute atomic E-state index is 0.0811. The second-order valence-electron chi connectivity index (χ2n) is 8.93. The first-order chi connectivity index (χ1) is 15.4. The summed E-state index contributed by atoms with van der Waals surface area (Å²) in [6.07, 6.45) is 6.60. The van der Waals surface area contributed by atoms with E-state index >= 15 is 0 Å². The molecular weight excluding hydrogens is 410 g/mol. The summed E-state index contributed by atoms with van der Waals surface area (Å²) in [6, 6.07) is 5.71. The van der Waals surface area contributed by atoms with Crippen molar-refractivity contribution in [3.05, 3.63) is 41.3 Å². The number of amides is 2. The van der Waals surface area contributed by atoms with Crippen LogP contribution < -0.4 is 10.6 Å². The second-order valence-corrected chi connectivity index (χ2v) is 8.93. The van der Waals surface area contributed by atoms with E-state index in [1.807, 2.05) is 25.1 Å². The van der Waals surface area contributed by atoms with Crippen LogP contribution in [0.4, 0.5) is 10.6 Å². The number of carbonyl (C=O) groups is 2. The van der Waals surface area contributed by atoms with Gasteiger partial charge in [0.15, 0.2) is 5.82 Å². The van der Waals surface area contributed by atoms with Crippen LogP contribution in [-0.4, -0.2) is 50.5 Å². The zero-order chi connectivity index (χ0) is 22.5. The molecule has 0 bridgehead atoms. The van der Waals surface area contributed by atoms with Crippen molar-refractivity contribution >= 4 is 17.8 Å². The van der Waals surface area contributed by atoms with Crippen molar-refractivity contribution in [2.24, 2.45) is 0 Å². The van der Waals surface area contributed by atoms with Crippen molar-refractivity contribution in [2.75, 3.05) is 5.32 Å². The lowest BCUT2D eigenvalue weighted by atomic mass is 9.93. The molecule has 2 atom stereocenters. The van der Waals surface area contributed by atoms with Crippen molar-refractivity contribution in [2.45, 2.75) is 82.5 Å². The van der Waals surface area contributed by atoms with Crippen LogP contribution in [0.25, 0.3) is 0 Å². The third-order valence-corrected chi connectivity index (χ3v) is 6.32. The number of anilines is 1. The number of aliphatic hydroxyl groups is 1. The molecule has 2 saturated carbocycles. The molecule has 32 heavy (non-hydrogen) atoms. The van der Waals surface area contributed by atoms with Gasteiger partial charge in [-0.2, -0.15) is 5.10 Å². The number of aliphatic hydroxyl groups excluding tert-OH is 1. The molecule has 0 unspecified atom stereocenters. The number of pyridine rings is 1. The lowest BCUT2D eigenvalue weighted by Crippen LogP contribution is -2.40. The summed E-state index contributed by atoms with van der Waals surface area (Å²) in [6.45, 7) is 1.91. The number of aromatic nitrogens is 3. The molecule has 2 aromatic heterocycles. The fourth-order valence-electron chi connectivity index (χ4n) is 4.49. The first-order valence-electron chi connectivity index (χ1n) is 11.4. The lowest BCUT2D eigenvalue weighted by molar-refractivity contribution is -0.115. The number of hydrogen-bond donors (Lipinski definition) is 4. The maximum atomic E-state index is 12.3. The highest BCUT2D eigenvalue weighted by Crippen LogP contribution is 2.36. The van der Waals surface area contributed by atoms with Crippen molar-refractivity contribution in [3.63, 3.8) is 0 Å². The molecule has 0 aromatic carbocycles. The molecule has 2 fully saturated rings. The van der Waals surface area contributed by atoms with Gasteiger partial charge in [0.1, 0.15) is 6.10 Å². The summed E-state index contributed by atoms with van der Waals surface area (Å²) in [5.41, 5.74) is 2.70. The van der Waals surface area contributed by atoms with Crippen LogP contribution in [0, 0.1) is 6.92 Å². The minimum Gasteiger partial charge on any atom is -0.446 e. The zero-order valence-corrected chi connectivity index (χ0v) is 18.3. The first kappa shape index (κ1) is 22.3. The quantitative estimate of drug-likeness (QED) is 0.545. The van der Waals surface area contributed by atoms with Gasteiger partial charge in [-0.3, -0.25) is 14.9 Å². The Morgan fingerprint density at radius 2 is 2.00 bits per heavy atom. The van der Waals surface area contributed by atoms with E-state index < -0.39 is 0 Å². The average Bonchev–Trinajstić information content (AvgIpc) is 3.41. The van der Waals surface area contributed by atoms with Gasteiger partial charge in [0.05, 0.1) is 12.5 Å². The van der Waals surface area contributed by atoms with Crippen LogP contribution in [0.1, 0.15) is 67.8 Å². The molecule has 2 amide bonds. The summed E-state index contributed by atoms with van der Waals surface area (Å²) < 4.78 is 5.62. The third-order valence-electron chi connectivity index (χ3n) is 6.32. The van der Waals surface area contributed by atoms with E-state index in [0.717, 1.165) is 61.9 Å². The van der Waals surface area contributed by atoms with Crippen LogP contribution in [0.5, 0.6) is 0 Å². The summed E-state index contributed by atoms with van der Waals surface area (Å²) in [7, 11) is 0. The number of nitrogens with one attached hydrogen (secondary N) is 3. The van der Waals surface area contributed by atoms with Gasteiger partial charge in [-0.05, 0) is 63.5 Å². The maximum Gasteiger partial charge on any atom is 0.407 e. The molecule has 2 aliphatic rings. The molecule has 0 spiro atoms. The summed E-state index contributed by atoms with van der Waals surface area (Å²) in [5, 5.41) is 22.5. The SMILES string of the molecule is Cc1ccc(CC(=O)Nc2cc([C@@H]3CC[C@H](OC(=O)N[C@H]4CC[C@@H](O)CC4)C3)[nH]n2)cn1. The Hall–Kier alpha value is -2.94. The van der Waals surface area contributed by atoms with Crippen LogP contribution in [0.3, 0.4) is 0 Å². The van der Waals surface area contributed by atoms with E-state index in [0.29, 0.717) is 5.82 Å². The number of H-pyrrole nitrogens is 1. The molecule has 4 rings (SSSR count). The van der Waals surface area contributed by atoms with Crippen LogP contribution in [0.2, 0.25) is 0 Å². The second kappa shape index (κ2) is 10.1. The smallest absolute Gasteiger partial charge is 0.407 e. The Morgan fingerprint density at radius 1 is 1.19 bits per heavy atom. The van der Waals surface area contributed by atoms with Crippen LogP contribution in [-0.2, 0) is 16.0 Å². The molecular formula is C23H31N5O4. The normalized spacial score (nSPS) is 25.3. The molecule has 0 aliphatic heterocycles. The van der Waals surface area contributed by atoms with Gasteiger partial charge < -0.3 is 20.5 Å². The Kier molecular flexibility index (Phi) is 7.04. The van der Waals surface area contributed by atoms with Gasteiger partial charge in [-0.15, -0.1) is 0 Å². The first-order valence-corrected chi connectivity index (χ1v) is 11.4. The Balaban J connectivity index is 1.22. The molecule has 2 aromatic rings. The molecule has 0 saturated heterocycles. The predicted octanol–water partition coefficient (Wildman–Crippen LogP) is 2.96. The van der Waals surface area contributed by atoms with E-state index in [1.165, 1.54) is 0 Å². The number of alkyl carbamates (subject to hydrolysis) is 1. The lowest BCUT2D eigenvalue weighted by Gasteiger charge is -2.26. The van der Waals surface area contributed by atoms with Crippen molar-refractivity contribution in [1.29, 1.82) is 0 Å². The Morgan fingerprint density at radius 3 is 2.75 bits per heavy atom. The van der Waals surface area contributed by atoms with Crippen molar-refractivity contribution in [3.8, 4) is 0 Å². The number of aryl methyl sites for hydroxylation is 1. The molecule has 2 heterocycles. The minimum atomic E-state index is -0.375. The highest BCUT2D eigenvalue weighted by molar-refractivity contribution is 5.91. The number of aromatic amines is 1. The van der Waals surface area contributed by atoms with Gasteiger partial charge in [0.25, 0.3) is 0 Å². The summed E-state index contributed by atoms with van der Waals surface area (Å²) in [5.74, 6) is 0.553. The highest BCUT2D eigenvalue weighted by Gasteiger charge is 2.31. The van der Waals surface area contributed by atoms with E-state index in [4.69, 9.17) is 4.74 Å². The van der Waals surface area contributed by atoms with Gasteiger partial charge >= 0.3 is 6.09 Å². The van der Waals surface area contributed by atoms with Gasteiger partial charge in [0.2, 0.25) is 5.91 Å². The number of carbonyl (C=O) groups excluding carboxylic acids is 2. The van der Waals surface area contributed by atoms with Gasteiger partial charge in [-0.1, -0.05) is 6.07 Å². The molecule has 9 nitrogen and oxygen atoms in total. The van der Waals surface area contributed by atoms with E-state index in [1.54, 1.807) is 6.20 Å². The maximum absolute atomic E-state index is 12.3. The topological polar surface area (TPSA) is 129 Å². The van der Waals surface area contributed by atoms with E-state index in [9.17, 15) is 14.7 Å². The molecule has 172 valence electrons. The van der Waals surface area contributed by atoms with Crippen LogP contribution >= 0.6 is 0 Å². The fraction of sp³-hybridized carbons (Fsp3) is 0.565. The van der Waals surface area contributed by atoms with E-state index in [2.05, 4.69) is 25.8 Å². The summed E-state index contributed by atoms with van der Waals surface area (Å²) >= 11 is 0. The zero-order valence-electron chi connectivity index (χ0n) is 18.3. The molecule has 0 radical (unpaired) electrons. The van der Waals surface area contributed by atoms with E-state index in [-0.39, 0.29) is 42.6 Å². The Bertz CT molecular complexity index is 921. The van der Waals surface area contributed by atoms with Crippen LogP contribution in [0.15, 0.2) is 24.4 Å². The van der Waals surface area contributed by atoms with Gasteiger partial charge in [0, 0.05) is 35.6 Å². The van der Waals surface area contributed by atoms with Crippen molar-refractivity contribution in [1.82, 2.24) is 20.5 Å². The Labute approximate surface area is 187 Å². The number of nitrogens with zero attached hydrogens (tertiary/aromatic N) is 2. The third kappa shape index (κ3) is 6.06. The number of ether oxygens (including phenoxy) is 1. The predicted molar refractivity (Wildman–Crippen MR) is 118 cm³/mol. The highest BCUT2D eigenvalue weighted by atomic mass is 16.6.